The number of carbonyl (C=O) groups is 3. The van der Waals surface area contributed by atoms with Crippen LogP contribution in [0.5, 0.6) is 0 Å². The molecule has 0 bridgehead atoms. The summed E-state index contributed by atoms with van der Waals surface area (Å²) >= 11 is 0. The number of benzene rings is 1. The third kappa shape index (κ3) is 5.70. The van der Waals surface area contributed by atoms with Crippen LogP contribution in [-0.4, -0.2) is 49.6 Å². The molecule has 2 heterocycles. The Morgan fingerprint density at radius 1 is 1.07 bits per heavy atom. The number of likely N-dealkylation sites (tertiary alicyclic amines) is 1. The van der Waals surface area contributed by atoms with Crippen LogP contribution >= 0.6 is 0 Å². The maximum atomic E-state index is 12.2. The van der Waals surface area contributed by atoms with Gasteiger partial charge in [0.15, 0.2) is 6.61 Å². The first-order valence-electron chi connectivity index (χ1n) is 9.72. The van der Waals surface area contributed by atoms with Gasteiger partial charge in [-0.3, -0.25) is 14.4 Å². The van der Waals surface area contributed by atoms with Crippen molar-refractivity contribution < 1.29 is 28.3 Å². The van der Waals surface area contributed by atoms with Gasteiger partial charge in [-0.1, -0.05) is 30.3 Å². The summed E-state index contributed by atoms with van der Waals surface area (Å²) in [5, 5.41) is 0. The first-order chi connectivity index (χ1) is 14.1. The zero-order chi connectivity index (χ0) is 20.6. The van der Waals surface area contributed by atoms with Crippen molar-refractivity contribution in [3.05, 3.63) is 48.2 Å². The summed E-state index contributed by atoms with van der Waals surface area (Å²) in [5.74, 6) is 0.348. The molecule has 0 spiro atoms. The molecule has 7 heteroatoms. The maximum Gasteiger partial charge on any atom is 0.308 e. The van der Waals surface area contributed by atoms with E-state index in [0.717, 1.165) is 11.3 Å². The van der Waals surface area contributed by atoms with E-state index in [9.17, 15) is 14.4 Å². The van der Waals surface area contributed by atoms with Gasteiger partial charge in [-0.25, -0.2) is 0 Å². The summed E-state index contributed by atoms with van der Waals surface area (Å²) < 4.78 is 15.6. The summed E-state index contributed by atoms with van der Waals surface area (Å²) in [6, 6.07) is 13.4. The summed E-state index contributed by atoms with van der Waals surface area (Å²) in [7, 11) is 1.37. The number of nitrogens with zero attached hydrogens (tertiary/aromatic N) is 1. The fraction of sp³-hybridized carbons (Fsp3) is 0.409. The standard InChI is InChI=1S/C22H25NO6/c1-27-22(26)17-11-13-23(14-12-17)20(24)15-28-21(25)10-8-18-7-9-19(29-18)16-5-3-2-4-6-16/h2-7,9,17H,8,10-15H2,1H3. The Kier molecular flexibility index (Phi) is 7.05. The summed E-state index contributed by atoms with van der Waals surface area (Å²) in [6.45, 7) is 0.644. The van der Waals surface area contributed by atoms with Crippen LogP contribution in [0.2, 0.25) is 0 Å². The highest BCUT2D eigenvalue weighted by Gasteiger charge is 2.28. The summed E-state index contributed by atoms with van der Waals surface area (Å²) in [6.07, 6.45) is 1.67. The van der Waals surface area contributed by atoms with Crippen molar-refractivity contribution in [2.75, 3.05) is 26.8 Å². The number of furan rings is 1. The molecule has 1 aromatic heterocycles. The molecular weight excluding hydrogens is 374 g/mol. The lowest BCUT2D eigenvalue weighted by atomic mass is 9.97. The van der Waals surface area contributed by atoms with Crippen LogP contribution in [0.4, 0.5) is 0 Å². The van der Waals surface area contributed by atoms with E-state index in [0.29, 0.717) is 38.1 Å². The van der Waals surface area contributed by atoms with E-state index in [1.54, 1.807) is 4.90 Å². The molecule has 1 saturated heterocycles. The molecule has 1 aromatic carbocycles. The van der Waals surface area contributed by atoms with E-state index < -0.39 is 5.97 Å². The topological polar surface area (TPSA) is 86.0 Å². The third-order valence-electron chi connectivity index (χ3n) is 5.03. The van der Waals surface area contributed by atoms with Crippen LogP contribution in [0.15, 0.2) is 46.9 Å². The quantitative estimate of drug-likeness (QED) is 0.666. The van der Waals surface area contributed by atoms with Gasteiger partial charge in [0.05, 0.1) is 19.4 Å². The minimum absolute atomic E-state index is 0.138. The average molecular weight is 399 g/mol. The molecule has 1 fully saturated rings. The highest BCUT2D eigenvalue weighted by molar-refractivity contribution is 5.81. The summed E-state index contributed by atoms with van der Waals surface area (Å²) in [5.41, 5.74) is 0.975. The lowest BCUT2D eigenvalue weighted by Crippen LogP contribution is -2.42. The van der Waals surface area contributed by atoms with Gasteiger partial charge in [-0.2, -0.15) is 0 Å². The van der Waals surface area contributed by atoms with Gasteiger partial charge >= 0.3 is 11.9 Å². The number of hydrogen-bond acceptors (Lipinski definition) is 6. The lowest BCUT2D eigenvalue weighted by Gasteiger charge is -2.30. The minimum atomic E-state index is -0.444. The van der Waals surface area contributed by atoms with E-state index >= 15 is 0 Å². The Hall–Kier alpha value is -3.09. The number of hydrogen-bond donors (Lipinski definition) is 0. The Morgan fingerprint density at radius 2 is 1.79 bits per heavy atom. The zero-order valence-electron chi connectivity index (χ0n) is 16.5. The molecule has 1 aliphatic heterocycles. The smallest absolute Gasteiger partial charge is 0.308 e. The molecule has 0 N–H and O–H groups in total. The van der Waals surface area contributed by atoms with Crippen molar-refractivity contribution in [2.24, 2.45) is 5.92 Å². The Morgan fingerprint density at radius 3 is 2.48 bits per heavy atom. The minimum Gasteiger partial charge on any atom is -0.469 e. The fourth-order valence-electron chi connectivity index (χ4n) is 3.33. The van der Waals surface area contributed by atoms with Crippen LogP contribution < -0.4 is 0 Å². The number of rotatable bonds is 7. The Bertz CT molecular complexity index is 836. The van der Waals surface area contributed by atoms with Crippen LogP contribution in [0.3, 0.4) is 0 Å². The first-order valence-corrected chi connectivity index (χ1v) is 9.72. The first kappa shape index (κ1) is 20.6. The van der Waals surface area contributed by atoms with Crippen LogP contribution in [0.25, 0.3) is 11.3 Å². The second-order valence-corrected chi connectivity index (χ2v) is 6.97. The van der Waals surface area contributed by atoms with Crippen molar-refractivity contribution >= 4 is 17.8 Å². The fourth-order valence-corrected chi connectivity index (χ4v) is 3.33. The summed E-state index contributed by atoms with van der Waals surface area (Å²) in [4.78, 5) is 37.3. The number of carbonyl (C=O) groups excluding carboxylic acids is 3. The number of esters is 2. The van der Waals surface area contributed by atoms with E-state index in [1.807, 2.05) is 42.5 Å². The predicted molar refractivity (Wildman–Crippen MR) is 105 cm³/mol. The molecule has 0 unspecified atom stereocenters. The molecule has 0 atom stereocenters. The molecule has 2 aromatic rings. The Labute approximate surface area is 169 Å². The van der Waals surface area contributed by atoms with Gasteiger partial charge in [0.1, 0.15) is 11.5 Å². The molecule has 7 nitrogen and oxygen atoms in total. The Balaban J connectivity index is 1.38. The van der Waals surface area contributed by atoms with E-state index in [-0.39, 0.29) is 30.8 Å². The molecule has 1 amide bonds. The molecule has 0 aliphatic carbocycles. The maximum absolute atomic E-state index is 12.2. The zero-order valence-corrected chi connectivity index (χ0v) is 16.5. The van der Waals surface area contributed by atoms with E-state index in [1.165, 1.54) is 7.11 Å². The normalized spacial score (nSPS) is 14.4. The predicted octanol–water partition coefficient (Wildman–Crippen LogP) is 2.83. The molecule has 0 radical (unpaired) electrons. The average Bonchev–Trinajstić information content (AvgIpc) is 3.25. The van der Waals surface area contributed by atoms with Gasteiger partial charge in [-0.15, -0.1) is 0 Å². The van der Waals surface area contributed by atoms with Crippen LogP contribution in [-0.2, 0) is 30.3 Å². The highest BCUT2D eigenvalue weighted by atomic mass is 16.5. The molecule has 1 aliphatic rings. The van der Waals surface area contributed by atoms with E-state index in [2.05, 4.69) is 0 Å². The van der Waals surface area contributed by atoms with Crippen LogP contribution in [0, 0.1) is 5.92 Å². The number of piperidine rings is 1. The monoisotopic (exact) mass is 399 g/mol. The SMILES string of the molecule is COC(=O)C1CCN(C(=O)COC(=O)CCc2ccc(-c3ccccc3)o2)CC1. The highest BCUT2D eigenvalue weighted by Crippen LogP contribution is 2.22. The van der Waals surface area contributed by atoms with Gasteiger partial charge in [0.2, 0.25) is 0 Å². The molecule has 154 valence electrons. The van der Waals surface area contributed by atoms with Crippen LogP contribution in [0.1, 0.15) is 25.0 Å². The lowest BCUT2D eigenvalue weighted by molar-refractivity contribution is -0.154. The van der Waals surface area contributed by atoms with Crippen molar-refractivity contribution in [3.63, 3.8) is 0 Å². The molecule has 3 rings (SSSR count). The van der Waals surface area contributed by atoms with Gasteiger partial charge in [0, 0.05) is 25.1 Å². The second kappa shape index (κ2) is 9.91. The molecule has 29 heavy (non-hydrogen) atoms. The van der Waals surface area contributed by atoms with Gasteiger partial charge in [0.25, 0.3) is 5.91 Å². The van der Waals surface area contributed by atoms with Crippen molar-refractivity contribution in [3.8, 4) is 11.3 Å². The van der Waals surface area contributed by atoms with Gasteiger partial charge in [-0.05, 0) is 25.0 Å². The molecule has 0 saturated carbocycles. The third-order valence-corrected chi connectivity index (χ3v) is 5.03. The van der Waals surface area contributed by atoms with Crippen molar-refractivity contribution in [1.82, 2.24) is 4.90 Å². The molecular formula is C22H25NO6. The van der Waals surface area contributed by atoms with Gasteiger partial charge < -0.3 is 18.8 Å². The number of amides is 1. The number of methoxy groups -OCH3 is 1. The van der Waals surface area contributed by atoms with Crippen molar-refractivity contribution in [2.45, 2.75) is 25.7 Å². The number of aryl methyl sites for hydroxylation is 1. The van der Waals surface area contributed by atoms with Crippen molar-refractivity contribution in [1.29, 1.82) is 0 Å². The van der Waals surface area contributed by atoms with E-state index in [4.69, 9.17) is 13.9 Å². The number of ether oxygens (including phenoxy) is 2. The largest absolute Gasteiger partial charge is 0.469 e. The second-order valence-electron chi connectivity index (χ2n) is 6.97.